The minimum Gasteiger partial charge on any atom is -0.390 e. The van der Waals surface area contributed by atoms with E-state index in [2.05, 4.69) is 23.5 Å². The molecule has 0 aliphatic heterocycles. The van der Waals surface area contributed by atoms with Crippen molar-refractivity contribution in [1.29, 1.82) is 0 Å². The summed E-state index contributed by atoms with van der Waals surface area (Å²) in [5, 5.41) is 12.8. The van der Waals surface area contributed by atoms with E-state index in [-0.39, 0.29) is 0 Å². The fourth-order valence-corrected chi connectivity index (χ4v) is 2.33. The highest BCUT2D eigenvalue weighted by Crippen LogP contribution is 2.20. The second kappa shape index (κ2) is 8.53. The molecule has 1 atom stereocenters. The molecule has 17 heavy (non-hydrogen) atoms. The molecule has 0 fully saturated rings. The van der Waals surface area contributed by atoms with Crippen LogP contribution in [0.25, 0.3) is 0 Å². The Morgan fingerprint density at radius 2 is 2.29 bits per heavy atom. The van der Waals surface area contributed by atoms with Crippen molar-refractivity contribution in [2.45, 2.75) is 24.5 Å². The average Bonchev–Trinajstić information content (AvgIpc) is 2.35. The number of hydrogen-bond acceptors (Lipinski definition) is 4. The summed E-state index contributed by atoms with van der Waals surface area (Å²) in [5.74, 6) is 0.670. The third-order valence-electron chi connectivity index (χ3n) is 2.24. The SMILES string of the molecule is CCOCC(O)CSc1cccc(CNC)c1. The van der Waals surface area contributed by atoms with Crippen LogP contribution in [0.3, 0.4) is 0 Å². The van der Waals surface area contributed by atoms with Crippen LogP contribution >= 0.6 is 11.8 Å². The predicted molar refractivity (Wildman–Crippen MR) is 72.4 cm³/mol. The van der Waals surface area contributed by atoms with Gasteiger partial charge in [-0.3, -0.25) is 0 Å². The third kappa shape index (κ3) is 6.07. The number of rotatable bonds is 8. The zero-order valence-electron chi connectivity index (χ0n) is 10.5. The standard InChI is InChI=1S/C13H21NO2S/c1-3-16-9-12(15)10-17-13-6-4-5-11(7-13)8-14-2/h4-7,12,14-15H,3,8-10H2,1-2H3. The Labute approximate surface area is 108 Å². The fourth-order valence-electron chi connectivity index (χ4n) is 1.44. The summed E-state index contributed by atoms with van der Waals surface area (Å²) in [5.41, 5.74) is 1.26. The molecule has 2 N–H and O–H groups in total. The first-order chi connectivity index (χ1) is 8.26. The summed E-state index contributed by atoms with van der Waals surface area (Å²) in [6, 6.07) is 8.35. The van der Waals surface area contributed by atoms with E-state index in [9.17, 15) is 5.11 Å². The predicted octanol–water partition coefficient (Wildman–Crippen LogP) is 1.90. The molecule has 0 bridgehead atoms. The molecule has 3 nitrogen and oxygen atoms in total. The van der Waals surface area contributed by atoms with Crippen LogP contribution in [0.5, 0.6) is 0 Å². The molecular weight excluding hydrogens is 234 g/mol. The highest BCUT2D eigenvalue weighted by atomic mass is 32.2. The van der Waals surface area contributed by atoms with Crippen molar-refractivity contribution in [3.8, 4) is 0 Å². The van der Waals surface area contributed by atoms with Gasteiger partial charge in [0.2, 0.25) is 0 Å². The van der Waals surface area contributed by atoms with E-state index in [4.69, 9.17) is 4.74 Å². The van der Waals surface area contributed by atoms with Crippen LogP contribution in [-0.4, -0.2) is 37.2 Å². The quantitative estimate of drug-likeness (QED) is 0.696. The van der Waals surface area contributed by atoms with Crippen molar-refractivity contribution in [2.24, 2.45) is 0 Å². The molecule has 0 spiro atoms. The molecule has 0 aromatic heterocycles. The van der Waals surface area contributed by atoms with Crippen LogP contribution < -0.4 is 5.32 Å². The summed E-state index contributed by atoms with van der Waals surface area (Å²) in [6.45, 7) is 3.87. The van der Waals surface area contributed by atoms with Gasteiger partial charge in [-0.05, 0) is 31.7 Å². The van der Waals surface area contributed by atoms with Gasteiger partial charge in [-0.2, -0.15) is 0 Å². The monoisotopic (exact) mass is 255 g/mol. The molecule has 0 radical (unpaired) electrons. The second-order valence-electron chi connectivity index (χ2n) is 3.80. The minimum atomic E-state index is -0.395. The molecule has 0 amide bonds. The zero-order chi connectivity index (χ0) is 12.5. The van der Waals surface area contributed by atoms with Gasteiger partial charge in [0.15, 0.2) is 0 Å². The lowest BCUT2D eigenvalue weighted by atomic mass is 10.2. The summed E-state index contributed by atoms with van der Waals surface area (Å²) in [7, 11) is 1.94. The van der Waals surface area contributed by atoms with Crippen LogP contribution in [0, 0.1) is 0 Å². The average molecular weight is 255 g/mol. The van der Waals surface area contributed by atoms with Gasteiger partial charge in [-0.1, -0.05) is 12.1 Å². The Morgan fingerprint density at radius 3 is 3.00 bits per heavy atom. The van der Waals surface area contributed by atoms with Crippen molar-refractivity contribution in [1.82, 2.24) is 5.32 Å². The number of ether oxygens (including phenoxy) is 1. The van der Waals surface area contributed by atoms with Gasteiger partial charge in [0.1, 0.15) is 0 Å². The molecule has 1 aromatic rings. The maximum atomic E-state index is 9.66. The maximum absolute atomic E-state index is 9.66. The summed E-state index contributed by atoms with van der Waals surface area (Å²) >= 11 is 1.66. The molecule has 4 heteroatoms. The van der Waals surface area contributed by atoms with E-state index in [0.717, 1.165) is 6.54 Å². The molecule has 96 valence electrons. The van der Waals surface area contributed by atoms with Crippen molar-refractivity contribution >= 4 is 11.8 Å². The molecule has 0 aliphatic rings. The van der Waals surface area contributed by atoms with Crippen LogP contribution in [0.4, 0.5) is 0 Å². The molecule has 1 rings (SSSR count). The van der Waals surface area contributed by atoms with E-state index in [1.807, 2.05) is 20.0 Å². The molecule has 0 saturated heterocycles. The number of thioether (sulfide) groups is 1. The van der Waals surface area contributed by atoms with Crippen LogP contribution in [0.1, 0.15) is 12.5 Å². The largest absolute Gasteiger partial charge is 0.390 e. The first-order valence-electron chi connectivity index (χ1n) is 5.88. The number of nitrogens with one attached hydrogen (secondary N) is 1. The Morgan fingerprint density at radius 1 is 1.47 bits per heavy atom. The lowest BCUT2D eigenvalue weighted by molar-refractivity contribution is 0.0551. The van der Waals surface area contributed by atoms with E-state index in [1.165, 1.54) is 10.5 Å². The van der Waals surface area contributed by atoms with E-state index >= 15 is 0 Å². The van der Waals surface area contributed by atoms with Gasteiger partial charge in [-0.25, -0.2) is 0 Å². The second-order valence-corrected chi connectivity index (χ2v) is 4.90. The zero-order valence-corrected chi connectivity index (χ0v) is 11.3. The lowest BCUT2D eigenvalue weighted by Crippen LogP contribution is -2.17. The van der Waals surface area contributed by atoms with Crippen LogP contribution in [0.2, 0.25) is 0 Å². The molecule has 0 saturated carbocycles. The van der Waals surface area contributed by atoms with Crippen molar-refractivity contribution in [3.05, 3.63) is 29.8 Å². The summed E-state index contributed by atoms with van der Waals surface area (Å²) < 4.78 is 5.17. The Balaban J connectivity index is 2.37. The minimum absolute atomic E-state index is 0.395. The normalized spacial score (nSPS) is 12.6. The smallest absolute Gasteiger partial charge is 0.0867 e. The van der Waals surface area contributed by atoms with Gasteiger partial charge in [-0.15, -0.1) is 11.8 Å². The van der Waals surface area contributed by atoms with Gasteiger partial charge >= 0.3 is 0 Å². The van der Waals surface area contributed by atoms with Crippen LogP contribution in [-0.2, 0) is 11.3 Å². The Bertz CT molecular complexity index is 320. The molecule has 0 heterocycles. The van der Waals surface area contributed by atoms with E-state index in [0.29, 0.717) is 19.0 Å². The molecule has 0 aliphatic carbocycles. The lowest BCUT2D eigenvalue weighted by Gasteiger charge is -2.10. The summed E-state index contributed by atoms with van der Waals surface area (Å²) in [4.78, 5) is 1.19. The first-order valence-corrected chi connectivity index (χ1v) is 6.87. The maximum Gasteiger partial charge on any atom is 0.0867 e. The van der Waals surface area contributed by atoms with E-state index in [1.54, 1.807) is 11.8 Å². The number of aliphatic hydroxyl groups excluding tert-OH is 1. The molecule has 1 unspecified atom stereocenters. The Hall–Kier alpha value is -0.550. The number of hydrogen-bond donors (Lipinski definition) is 2. The Kier molecular flexibility index (Phi) is 7.28. The molecular formula is C13H21NO2S. The number of aliphatic hydroxyl groups is 1. The fraction of sp³-hybridized carbons (Fsp3) is 0.538. The topological polar surface area (TPSA) is 41.5 Å². The van der Waals surface area contributed by atoms with Crippen molar-refractivity contribution < 1.29 is 9.84 Å². The first kappa shape index (κ1) is 14.5. The number of benzene rings is 1. The van der Waals surface area contributed by atoms with Gasteiger partial charge in [0.05, 0.1) is 12.7 Å². The van der Waals surface area contributed by atoms with E-state index < -0.39 is 6.10 Å². The van der Waals surface area contributed by atoms with Gasteiger partial charge < -0.3 is 15.2 Å². The highest BCUT2D eigenvalue weighted by molar-refractivity contribution is 7.99. The van der Waals surface area contributed by atoms with Crippen LogP contribution in [0.15, 0.2) is 29.2 Å². The van der Waals surface area contributed by atoms with Gasteiger partial charge in [0, 0.05) is 23.8 Å². The summed E-state index contributed by atoms with van der Waals surface area (Å²) in [6.07, 6.45) is -0.395. The molecule has 1 aromatic carbocycles. The van der Waals surface area contributed by atoms with Crippen molar-refractivity contribution in [2.75, 3.05) is 26.0 Å². The third-order valence-corrected chi connectivity index (χ3v) is 3.37. The van der Waals surface area contributed by atoms with Crippen molar-refractivity contribution in [3.63, 3.8) is 0 Å². The van der Waals surface area contributed by atoms with Gasteiger partial charge in [0.25, 0.3) is 0 Å². The highest BCUT2D eigenvalue weighted by Gasteiger charge is 2.05.